The van der Waals surface area contributed by atoms with E-state index in [1.807, 2.05) is 6.92 Å². The van der Waals surface area contributed by atoms with Gasteiger partial charge in [-0.15, -0.1) is 0 Å². The molecule has 0 radical (unpaired) electrons. The van der Waals surface area contributed by atoms with Gasteiger partial charge in [-0.3, -0.25) is 0 Å². The van der Waals surface area contributed by atoms with Crippen LogP contribution in [0.25, 0.3) is 0 Å². The van der Waals surface area contributed by atoms with E-state index >= 15 is 0 Å². The van der Waals surface area contributed by atoms with Gasteiger partial charge in [0.1, 0.15) is 0 Å². The van der Waals surface area contributed by atoms with Crippen LogP contribution in [0.1, 0.15) is 13.3 Å². The summed E-state index contributed by atoms with van der Waals surface area (Å²) in [5.41, 5.74) is 0. The Labute approximate surface area is 42.7 Å². The van der Waals surface area contributed by atoms with E-state index in [1.54, 1.807) is 5.86 Å². The molecule has 0 aliphatic carbocycles. The zero-order chi connectivity index (χ0) is 4.99. The molecule has 0 spiro atoms. The van der Waals surface area contributed by atoms with E-state index in [0.29, 0.717) is 0 Å². The molecule has 0 atom stereocenters. The predicted octanol–water partition coefficient (Wildman–Crippen LogP) is 1.83. The fourth-order valence-corrected chi connectivity index (χ4v) is 0.968. The van der Waals surface area contributed by atoms with Crippen molar-refractivity contribution in [3.63, 3.8) is 0 Å². The Morgan fingerprint density at radius 3 is 2.17 bits per heavy atom. The van der Waals surface area contributed by atoms with Crippen molar-refractivity contribution in [2.75, 3.05) is 0 Å². The summed E-state index contributed by atoms with van der Waals surface area (Å²) < 4.78 is 10.2. The van der Waals surface area contributed by atoms with Crippen LogP contribution in [0.15, 0.2) is 0 Å². The van der Waals surface area contributed by atoms with Crippen molar-refractivity contribution >= 4 is 0 Å². The molecule has 0 aromatic carbocycles. The van der Waals surface area contributed by atoms with Crippen molar-refractivity contribution in [1.29, 1.82) is 0 Å². The number of rotatable bonds is 2. The molecule has 0 aromatic rings. The topological polar surface area (TPSA) is 17.1 Å². The maximum absolute atomic E-state index is 10.2. The summed E-state index contributed by atoms with van der Waals surface area (Å²) >= 11 is -0.833. The molecule has 0 N–H and O–H groups in total. The van der Waals surface area contributed by atoms with Gasteiger partial charge in [0.2, 0.25) is 0 Å². The van der Waals surface area contributed by atoms with Gasteiger partial charge in [0, 0.05) is 0 Å². The number of hydrogen-bond acceptors (Lipinski definition) is 1. The molecule has 1 nitrogen and oxygen atoms in total. The molecular formula is C4H10CoO. The second-order valence-electron chi connectivity index (χ2n) is 1.13. The van der Waals surface area contributed by atoms with Crippen LogP contribution in [-0.2, 0) is 17.5 Å². The van der Waals surface area contributed by atoms with Crippen LogP contribution in [0, 0.1) is 0 Å². The van der Waals surface area contributed by atoms with Crippen molar-refractivity contribution in [3.05, 3.63) is 0 Å². The van der Waals surface area contributed by atoms with E-state index in [9.17, 15) is 3.87 Å². The molecule has 0 rings (SSSR count). The SMILES string of the molecule is CC[CH2][Co]([CH3])=[O]. The van der Waals surface area contributed by atoms with Crippen LogP contribution in [0.5, 0.6) is 0 Å². The van der Waals surface area contributed by atoms with Crippen LogP contribution >= 0.6 is 0 Å². The average Bonchev–Trinajstić information content (AvgIpc) is 1.35. The van der Waals surface area contributed by atoms with Gasteiger partial charge < -0.3 is 0 Å². The Morgan fingerprint density at radius 2 is 2.17 bits per heavy atom. The summed E-state index contributed by atoms with van der Waals surface area (Å²) in [7, 11) is 0. The van der Waals surface area contributed by atoms with Crippen LogP contribution in [0.4, 0.5) is 0 Å². The van der Waals surface area contributed by atoms with E-state index in [1.165, 1.54) is 0 Å². The normalized spacial score (nSPS) is 11.3. The zero-order valence-electron chi connectivity index (χ0n) is 4.16. The monoisotopic (exact) mass is 133 g/mol. The van der Waals surface area contributed by atoms with E-state index < -0.39 is 13.6 Å². The summed E-state index contributed by atoms with van der Waals surface area (Å²) in [6.45, 7) is 2.04. The minimum absolute atomic E-state index is 0.833. The van der Waals surface area contributed by atoms with Gasteiger partial charge in [-0.1, -0.05) is 0 Å². The third-order valence-electron chi connectivity index (χ3n) is 0.401. The molecule has 0 saturated heterocycles. The quantitative estimate of drug-likeness (QED) is 0.561. The van der Waals surface area contributed by atoms with Crippen LogP contribution in [0.2, 0.25) is 11.2 Å². The Morgan fingerprint density at radius 1 is 1.67 bits per heavy atom. The summed E-state index contributed by atoms with van der Waals surface area (Å²) in [5.74, 6) is 1.76. The first-order valence-corrected chi connectivity index (χ1v) is 4.11. The summed E-state index contributed by atoms with van der Waals surface area (Å²) in [5, 5.41) is 0.882. The van der Waals surface area contributed by atoms with Gasteiger partial charge >= 0.3 is 42.0 Å². The molecule has 0 saturated carbocycles. The third-order valence-corrected chi connectivity index (χ3v) is 1.65. The van der Waals surface area contributed by atoms with Crippen LogP contribution < -0.4 is 0 Å². The van der Waals surface area contributed by atoms with Gasteiger partial charge in [-0.05, 0) is 0 Å². The van der Waals surface area contributed by atoms with Crippen molar-refractivity contribution in [2.45, 2.75) is 24.6 Å². The molecule has 0 aliphatic heterocycles. The second-order valence-corrected chi connectivity index (χ2v) is 3.12. The molecule has 41 valence electrons. The Bertz CT molecular complexity index is 51.5. The number of hydrogen-bond donors (Lipinski definition) is 0. The van der Waals surface area contributed by atoms with E-state index in [2.05, 4.69) is 0 Å². The average molecular weight is 133 g/mol. The summed E-state index contributed by atoms with van der Waals surface area (Å²) in [6.07, 6.45) is 1.05. The van der Waals surface area contributed by atoms with Gasteiger partial charge in [-0.25, -0.2) is 0 Å². The van der Waals surface area contributed by atoms with E-state index in [0.717, 1.165) is 11.8 Å². The predicted molar refractivity (Wildman–Crippen MR) is 21.6 cm³/mol. The van der Waals surface area contributed by atoms with Crippen molar-refractivity contribution in [1.82, 2.24) is 0 Å². The fraction of sp³-hybridized carbons (Fsp3) is 1.00. The van der Waals surface area contributed by atoms with Gasteiger partial charge in [0.15, 0.2) is 0 Å². The van der Waals surface area contributed by atoms with Crippen LogP contribution in [0.3, 0.4) is 0 Å². The first-order valence-electron chi connectivity index (χ1n) is 1.91. The Kier molecular flexibility index (Phi) is 3.67. The summed E-state index contributed by atoms with van der Waals surface area (Å²) in [6, 6.07) is 0. The molecule has 0 unspecified atom stereocenters. The standard InChI is InChI=1S/C3H7.CH3.Co.O/c1-3-2;;;/h1,3H2,2H3;1H3;;. The van der Waals surface area contributed by atoms with Crippen molar-refractivity contribution in [2.24, 2.45) is 0 Å². The molecule has 0 aromatic heterocycles. The molecule has 6 heavy (non-hydrogen) atoms. The van der Waals surface area contributed by atoms with Gasteiger partial charge in [-0.2, -0.15) is 0 Å². The first kappa shape index (κ1) is 6.31. The molecule has 2 heteroatoms. The molecular weight excluding hydrogens is 123 g/mol. The van der Waals surface area contributed by atoms with E-state index in [-0.39, 0.29) is 0 Å². The molecule has 0 bridgehead atoms. The molecule has 0 aliphatic rings. The fourth-order valence-electron chi connectivity index (χ4n) is 0.235. The van der Waals surface area contributed by atoms with Crippen LogP contribution in [-0.4, -0.2) is 0 Å². The van der Waals surface area contributed by atoms with Crippen molar-refractivity contribution < 1.29 is 17.5 Å². The maximum atomic E-state index is 10.2. The van der Waals surface area contributed by atoms with Crippen molar-refractivity contribution in [3.8, 4) is 0 Å². The minimum atomic E-state index is -0.833. The summed E-state index contributed by atoms with van der Waals surface area (Å²) in [4.78, 5) is 0. The van der Waals surface area contributed by atoms with E-state index in [4.69, 9.17) is 0 Å². The Hall–Kier alpha value is 0.306. The zero-order valence-corrected chi connectivity index (χ0v) is 5.20. The molecule has 0 amide bonds. The first-order chi connectivity index (χ1) is 2.77. The van der Waals surface area contributed by atoms with Gasteiger partial charge in [0.05, 0.1) is 0 Å². The molecule has 0 fully saturated rings. The van der Waals surface area contributed by atoms with Gasteiger partial charge in [0.25, 0.3) is 0 Å². The molecule has 0 heterocycles. The third kappa shape index (κ3) is 4.31. The second kappa shape index (κ2) is 3.49. The Balaban J connectivity index is 2.83.